The molecule has 140 valence electrons. The molecule has 0 unspecified atom stereocenters. The smallest absolute Gasteiger partial charge is 0.208 e. The maximum atomic E-state index is 13.1. The molecule has 1 heterocycles. The first-order valence-corrected chi connectivity index (χ1v) is 10.7. The van der Waals surface area contributed by atoms with Crippen molar-refractivity contribution in [3.8, 4) is 0 Å². The second-order valence-electron chi connectivity index (χ2n) is 6.51. The topological polar surface area (TPSA) is 61.4 Å². The highest BCUT2D eigenvalue weighted by molar-refractivity contribution is 7.91. The summed E-state index contributed by atoms with van der Waals surface area (Å²) in [6.07, 6.45) is 2.02. The van der Waals surface area contributed by atoms with Crippen LogP contribution in [0.2, 0.25) is 0 Å². The number of rotatable bonds is 6. The van der Waals surface area contributed by atoms with Gasteiger partial charge in [0.1, 0.15) is 0 Å². The molecule has 1 fully saturated rings. The average molecular weight is 374 g/mol. The second-order valence-corrected chi connectivity index (χ2v) is 8.43. The predicted octanol–water partition coefficient (Wildman–Crippen LogP) is 3.14. The molecule has 0 radical (unpaired) electrons. The Balaban J connectivity index is 1.99. The predicted molar refractivity (Wildman–Crippen MR) is 107 cm³/mol. The highest BCUT2D eigenvalue weighted by Crippen LogP contribution is 2.31. The lowest BCUT2D eigenvalue weighted by Crippen LogP contribution is -2.28. The van der Waals surface area contributed by atoms with Crippen LogP contribution in [0.1, 0.15) is 19.8 Å². The number of benzene rings is 2. The van der Waals surface area contributed by atoms with Crippen LogP contribution in [0.25, 0.3) is 0 Å². The fourth-order valence-electron chi connectivity index (χ4n) is 3.18. The fraction of sp³-hybridized carbons (Fsp3) is 0.400. The van der Waals surface area contributed by atoms with E-state index in [-0.39, 0.29) is 0 Å². The van der Waals surface area contributed by atoms with E-state index in [1.165, 1.54) is 0 Å². The van der Waals surface area contributed by atoms with Crippen LogP contribution in [0.3, 0.4) is 0 Å². The Hall–Kier alpha value is -2.05. The SMILES string of the molecule is CCCNc1cc(N2CCCNCC2)ccc1S(=O)(=O)c1ccccc1. The lowest BCUT2D eigenvalue weighted by molar-refractivity contribution is 0.596. The van der Waals surface area contributed by atoms with Crippen LogP contribution < -0.4 is 15.5 Å². The van der Waals surface area contributed by atoms with E-state index in [1.54, 1.807) is 30.3 Å². The molecule has 26 heavy (non-hydrogen) atoms. The molecule has 5 nitrogen and oxygen atoms in total. The Morgan fingerprint density at radius 2 is 1.88 bits per heavy atom. The third-order valence-corrected chi connectivity index (χ3v) is 6.40. The van der Waals surface area contributed by atoms with Crippen molar-refractivity contribution in [3.05, 3.63) is 48.5 Å². The van der Waals surface area contributed by atoms with Crippen molar-refractivity contribution in [2.24, 2.45) is 0 Å². The molecule has 1 saturated heterocycles. The number of sulfone groups is 1. The number of anilines is 2. The van der Waals surface area contributed by atoms with Gasteiger partial charge in [-0.3, -0.25) is 0 Å². The molecule has 1 aliphatic heterocycles. The van der Waals surface area contributed by atoms with E-state index in [9.17, 15) is 8.42 Å². The molecule has 6 heteroatoms. The van der Waals surface area contributed by atoms with Crippen molar-refractivity contribution in [2.75, 3.05) is 42.9 Å². The zero-order chi connectivity index (χ0) is 18.4. The molecular weight excluding hydrogens is 346 g/mol. The molecule has 1 aliphatic rings. The third kappa shape index (κ3) is 4.19. The van der Waals surface area contributed by atoms with Crippen molar-refractivity contribution < 1.29 is 8.42 Å². The van der Waals surface area contributed by atoms with Crippen LogP contribution in [0, 0.1) is 0 Å². The van der Waals surface area contributed by atoms with Crippen molar-refractivity contribution in [1.29, 1.82) is 0 Å². The lowest BCUT2D eigenvalue weighted by Gasteiger charge is -2.24. The van der Waals surface area contributed by atoms with E-state index in [0.717, 1.165) is 51.3 Å². The first-order valence-electron chi connectivity index (χ1n) is 9.26. The van der Waals surface area contributed by atoms with Gasteiger partial charge in [0.05, 0.1) is 15.5 Å². The highest BCUT2D eigenvalue weighted by Gasteiger charge is 2.22. The summed E-state index contributed by atoms with van der Waals surface area (Å²) < 4.78 is 26.2. The minimum absolute atomic E-state index is 0.325. The van der Waals surface area contributed by atoms with E-state index in [0.29, 0.717) is 15.5 Å². The number of hydrogen-bond donors (Lipinski definition) is 2. The molecule has 0 amide bonds. The van der Waals surface area contributed by atoms with Crippen molar-refractivity contribution in [1.82, 2.24) is 5.32 Å². The van der Waals surface area contributed by atoms with Crippen LogP contribution in [0.5, 0.6) is 0 Å². The molecule has 0 spiro atoms. The molecule has 0 aliphatic carbocycles. The Bertz CT molecular complexity index is 814. The highest BCUT2D eigenvalue weighted by atomic mass is 32.2. The van der Waals surface area contributed by atoms with Crippen molar-refractivity contribution in [3.63, 3.8) is 0 Å². The summed E-state index contributed by atoms with van der Waals surface area (Å²) in [7, 11) is -3.55. The molecule has 2 aromatic rings. The van der Waals surface area contributed by atoms with E-state index in [4.69, 9.17) is 0 Å². The summed E-state index contributed by atoms with van der Waals surface area (Å²) in [5.74, 6) is 0. The van der Waals surface area contributed by atoms with Crippen LogP contribution >= 0.6 is 0 Å². The Morgan fingerprint density at radius 1 is 1.08 bits per heavy atom. The monoisotopic (exact) mass is 373 g/mol. The van der Waals surface area contributed by atoms with Gasteiger partial charge >= 0.3 is 0 Å². The summed E-state index contributed by atoms with van der Waals surface area (Å²) >= 11 is 0. The molecule has 0 saturated carbocycles. The Morgan fingerprint density at radius 3 is 2.65 bits per heavy atom. The van der Waals surface area contributed by atoms with Gasteiger partial charge in [-0.05, 0) is 49.7 Å². The summed E-state index contributed by atoms with van der Waals surface area (Å²) in [6, 6.07) is 14.3. The quantitative estimate of drug-likeness (QED) is 0.815. The molecule has 2 aromatic carbocycles. The maximum Gasteiger partial charge on any atom is 0.208 e. The van der Waals surface area contributed by atoms with Crippen molar-refractivity contribution in [2.45, 2.75) is 29.6 Å². The Kier molecular flexibility index (Phi) is 6.16. The van der Waals surface area contributed by atoms with Gasteiger partial charge in [0.25, 0.3) is 0 Å². The number of hydrogen-bond acceptors (Lipinski definition) is 5. The third-order valence-electron chi connectivity index (χ3n) is 4.58. The molecule has 0 atom stereocenters. The van der Waals surface area contributed by atoms with Gasteiger partial charge < -0.3 is 15.5 Å². The minimum Gasteiger partial charge on any atom is -0.384 e. The van der Waals surface area contributed by atoms with E-state index in [2.05, 4.69) is 22.5 Å². The van der Waals surface area contributed by atoms with Crippen LogP contribution in [-0.2, 0) is 9.84 Å². The summed E-state index contributed by atoms with van der Waals surface area (Å²) in [4.78, 5) is 2.98. The number of nitrogens with one attached hydrogen (secondary N) is 2. The zero-order valence-electron chi connectivity index (χ0n) is 15.2. The molecule has 3 rings (SSSR count). The minimum atomic E-state index is -3.55. The summed E-state index contributed by atoms with van der Waals surface area (Å²) in [5.41, 5.74) is 1.75. The largest absolute Gasteiger partial charge is 0.384 e. The standard InChI is InChI=1S/C20H27N3O2S/c1-2-11-22-19-16-17(23-14-6-12-21-13-15-23)9-10-20(19)26(24,25)18-7-4-3-5-8-18/h3-5,7-10,16,21-22H,2,6,11-15H2,1H3. The Labute approximate surface area is 156 Å². The average Bonchev–Trinajstić information content (AvgIpc) is 2.96. The van der Waals surface area contributed by atoms with Gasteiger partial charge in [0.15, 0.2) is 0 Å². The van der Waals surface area contributed by atoms with Gasteiger partial charge in [0, 0.05) is 31.9 Å². The van der Waals surface area contributed by atoms with Gasteiger partial charge in [-0.25, -0.2) is 8.42 Å². The normalized spacial score (nSPS) is 15.5. The molecule has 0 aromatic heterocycles. The van der Waals surface area contributed by atoms with Gasteiger partial charge in [-0.15, -0.1) is 0 Å². The molecule has 0 bridgehead atoms. The summed E-state index contributed by atoms with van der Waals surface area (Å²) in [5, 5.41) is 6.71. The van der Waals surface area contributed by atoms with Crippen LogP contribution in [0.4, 0.5) is 11.4 Å². The molecular formula is C20H27N3O2S. The van der Waals surface area contributed by atoms with E-state index in [1.807, 2.05) is 18.2 Å². The van der Waals surface area contributed by atoms with E-state index >= 15 is 0 Å². The van der Waals surface area contributed by atoms with Gasteiger partial charge in [-0.1, -0.05) is 25.1 Å². The lowest BCUT2D eigenvalue weighted by atomic mass is 10.2. The van der Waals surface area contributed by atoms with Gasteiger partial charge in [0.2, 0.25) is 9.84 Å². The summed E-state index contributed by atoms with van der Waals surface area (Å²) in [6.45, 7) is 6.69. The maximum absolute atomic E-state index is 13.1. The van der Waals surface area contributed by atoms with Crippen LogP contribution in [0.15, 0.2) is 58.3 Å². The molecule has 2 N–H and O–H groups in total. The first-order chi connectivity index (χ1) is 12.6. The first kappa shape index (κ1) is 18.7. The van der Waals surface area contributed by atoms with Gasteiger partial charge in [-0.2, -0.15) is 0 Å². The second kappa shape index (κ2) is 8.56. The fourth-order valence-corrected chi connectivity index (χ4v) is 4.61. The van der Waals surface area contributed by atoms with E-state index < -0.39 is 9.84 Å². The van der Waals surface area contributed by atoms with Crippen LogP contribution in [-0.4, -0.2) is 41.1 Å². The zero-order valence-corrected chi connectivity index (χ0v) is 16.1. The van der Waals surface area contributed by atoms with Crippen molar-refractivity contribution >= 4 is 21.2 Å². The number of nitrogens with zero attached hydrogens (tertiary/aromatic N) is 1.